The van der Waals surface area contributed by atoms with Crippen LogP contribution in [0.15, 0.2) is 17.0 Å². The number of unbranched alkanes of at least 4 members (excludes halogenated alkanes) is 2. The molecule has 0 aliphatic rings. The number of hydrogen-bond donors (Lipinski definition) is 2. The molecular formula is C12H14F2N2O2S. The Kier molecular flexibility index (Phi) is 5.27. The Hall–Kier alpha value is -1.65. The van der Waals surface area contributed by atoms with Crippen molar-refractivity contribution in [1.82, 2.24) is 4.72 Å². The minimum Gasteiger partial charge on any atom is -0.396 e. The van der Waals surface area contributed by atoms with Gasteiger partial charge in [0, 0.05) is 19.0 Å². The molecule has 3 N–H and O–H groups in total. The molecule has 0 aliphatic carbocycles. The smallest absolute Gasteiger partial charge is 0.243 e. The number of nitrogens with one attached hydrogen (secondary N) is 1. The summed E-state index contributed by atoms with van der Waals surface area (Å²) in [6.45, 7) is 0.126. The van der Waals surface area contributed by atoms with Gasteiger partial charge in [0.25, 0.3) is 0 Å². The molecule has 0 saturated carbocycles. The first kappa shape index (κ1) is 15.4. The van der Waals surface area contributed by atoms with Crippen molar-refractivity contribution in [2.75, 3.05) is 12.3 Å². The maximum absolute atomic E-state index is 13.4. The predicted molar refractivity (Wildman–Crippen MR) is 68.6 cm³/mol. The third kappa shape index (κ3) is 4.19. The zero-order valence-electron chi connectivity index (χ0n) is 10.1. The van der Waals surface area contributed by atoms with Crippen molar-refractivity contribution in [2.24, 2.45) is 0 Å². The SMILES string of the molecule is C#CCCCCNS(=O)(=O)c1cc(N)c(F)cc1F. The normalized spacial score (nSPS) is 11.2. The van der Waals surface area contributed by atoms with Crippen LogP contribution in [0, 0.1) is 24.0 Å². The van der Waals surface area contributed by atoms with Gasteiger partial charge in [0.2, 0.25) is 10.0 Å². The maximum Gasteiger partial charge on any atom is 0.243 e. The third-order valence-corrected chi connectivity index (χ3v) is 3.86. The van der Waals surface area contributed by atoms with Crippen molar-refractivity contribution in [3.63, 3.8) is 0 Å². The standard InChI is InChI=1S/C12H14F2N2O2S/c1-2-3-4-5-6-16-19(17,18)12-8-11(15)9(13)7-10(12)14/h1,7-8,16H,3-6,15H2. The Labute approximate surface area is 111 Å². The zero-order chi connectivity index (χ0) is 14.5. The third-order valence-electron chi connectivity index (χ3n) is 2.38. The van der Waals surface area contributed by atoms with Gasteiger partial charge in [-0.2, -0.15) is 0 Å². The van der Waals surface area contributed by atoms with E-state index in [2.05, 4.69) is 10.6 Å². The van der Waals surface area contributed by atoms with E-state index < -0.39 is 32.2 Å². The van der Waals surface area contributed by atoms with Crippen molar-refractivity contribution < 1.29 is 17.2 Å². The van der Waals surface area contributed by atoms with Gasteiger partial charge in [0.1, 0.15) is 16.5 Å². The van der Waals surface area contributed by atoms with Gasteiger partial charge in [0.15, 0.2) is 0 Å². The van der Waals surface area contributed by atoms with Crippen molar-refractivity contribution in [3.8, 4) is 12.3 Å². The van der Waals surface area contributed by atoms with Crippen LogP contribution < -0.4 is 10.5 Å². The van der Waals surface area contributed by atoms with Crippen molar-refractivity contribution in [1.29, 1.82) is 0 Å². The largest absolute Gasteiger partial charge is 0.396 e. The average molecular weight is 288 g/mol. The topological polar surface area (TPSA) is 72.2 Å². The van der Waals surface area contributed by atoms with Crippen LogP contribution in [-0.4, -0.2) is 15.0 Å². The molecule has 104 valence electrons. The second kappa shape index (κ2) is 6.50. The highest BCUT2D eigenvalue weighted by Gasteiger charge is 2.20. The monoisotopic (exact) mass is 288 g/mol. The van der Waals surface area contributed by atoms with E-state index in [1.807, 2.05) is 0 Å². The number of hydrogen-bond acceptors (Lipinski definition) is 3. The molecule has 0 atom stereocenters. The quantitative estimate of drug-likeness (QED) is 0.475. The van der Waals surface area contributed by atoms with Gasteiger partial charge in [-0.1, -0.05) is 0 Å². The fourth-order valence-corrected chi connectivity index (χ4v) is 2.55. The van der Waals surface area contributed by atoms with Crippen LogP contribution in [0.25, 0.3) is 0 Å². The Morgan fingerprint density at radius 3 is 2.58 bits per heavy atom. The van der Waals surface area contributed by atoms with Crippen molar-refractivity contribution in [2.45, 2.75) is 24.2 Å². The van der Waals surface area contributed by atoms with Crippen LogP contribution in [0.5, 0.6) is 0 Å². The van der Waals surface area contributed by atoms with Crippen LogP contribution in [0.1, 0.15) is 19.3 Å². The summed E-state index contributed by atoms with van der Waals surface area (Å²) < 4.78 is 52.1. The summed E-state index contributed by atoms with van der Waals surface area (Å²) in [6.07, 6.45) is 6.78. The number of nitrogens with two attached hydrogens (primary N) is 1. The minimum absolute atomic E-state index is 0.126. The fourth-order valence-electron chi connectivity index (χ4n) is 1.39. The number of nitrogen functional groups attached to an aromatic ring is 1. The molecule has 1 rings (SSSR count). The molecule has 0 bridgehead atoms. The molecular weight excluding hydrogens is 274 g/mol. The zero-order valence-corrected chi connectivity index (χ0v) is 10.9. The van der Waals surface area contributed by atoms with Crippen LogP contribution in [0.3, 0.4) is 0 Å². The van der Waals surface area contributed by atoms with Gasteiger partial charge in [-0.15, -0.1) is 12.3 Å². The van der Waals surface area contributed by atoms with Crippen LogP contribution in [-0.2, 0) is 10.0 Å². The number of sulfonamides is 1. The van der Waals surface area contributed by atoms with E-state index in [4.69, 9.17) is 12.2 Å². The van der Waals surface area contributed by atoms with Gasteiger partial charge in [-0.3, -0.25) is 0 Å². The second-order valence-corrected chi connectivity index (χ2v) is 5.60. The lowest BCUT2D eigenvalue weighted by molar-refractivity contribution is 0.543. The van der Waals surface area contributed by atoms with E-state index in [1.54, 1.807) is 0 Å². The summed E-state index contributed by atoms with van der Waals surface area (Å²) in [7, 11) is -4.04. The maximum atomic E-state index is 13.4. The van der Waals surface area contributed by atoms with E-state index in [1.165, 1.54) is 0 Å². The summed E-state index contributed by atoms with van der Waals surface area (Å²) in [6, 6.07) is 1.21. The number of anilines is 1. The number of benzene rings is 1. The first-order valence-electron chi connectivity index (χ1n) is 5.56. The molecule has 7 heteroatoms. The van der Waals surface area contributed by atoms with Gasteiger partial charge < -0.3 is 5.73 Å². The molecule has 4 nitrogen and oxygen atoms in total. The summed E-state index contributed by atoms with van der Waals surface area (Å²) in [4.78, 5) is -0.664. The Morgan fingerprint density at radius 2 is 1.95 bits per heavy atom. The Bertz CT molecular complexity index is 594. The lowest BCUT2D eigenvalue weighted by Gasteiger charge is -2.08. The van der Waals surface area contributed by atoms with Gasteiger partial charge in [-0.05, 0) is 18.9 Å². The van der Waals surface area contributed by atoms with Gasteiger partial charge >= 0.3 is 0 Å². The van der Waals surface area contributed by atoms with Crippen molar-refractivity contribution >= 4 is 15.7 Å². The molecule has 0 aromatic heterocycles. The second-order valence-electron chi connectivity index (χ2n) is 3.86. The van der Waals surface area contributed by atoms with E-state index in [0.717, 1.165) is 6.07 Å². The van der Waals surface area contributed by atoms with Crippen molar-refractivity contribution in [3.05, 3.63) is 23.8 Å². The first-order valence-corrected chi connectivity index (χ1v) is 7.04. The van der Waals surface area contributed by atoms with E-state index in [9.17, 15) is 17.2 Å². The highest BCUT2D eigenvalue weighted by atomic mass is 32.2. The number of terminal acetylenes is 1. The van der Waals surface area contributed by atoms with Crippen LogP contribution >= 0.6 is 0 Å². The number of rotatable bonds is 6. The lowest BCUT2D eigenvalue weighted by atomic mass is 10.2. The lowest BCUT2D eigenvalue weighted by Crippen LogP contribution is -2.26. The molecule has 0 radical (unpaired) electrons. The highest BCUT2D eigenvalue weighted by molar-refractivity contribution is 7.89. The molecule has 0 amide bonds. The molecule has 1 aromatic rings. The van der Waals surface area contributed by atoms with Crippen LogP contribution in [0.2, 0.25) is 0 Å². The average Bonchev–Trinajstić information content (AvgIpc) is 2.33. The molecule has 0 fully saturated rings. The van der Waals surface area contributed by atoms with Gasteiger partial charge in [0.05, 0.1) is 5.69 Å². The molecule has 0 spiro atoms. The Morgan fingerprint density at radius 1 is 1.26 bits per heavy atom. The Balaban J connectivity index is 2.78. The van der Waals surface area contributed by atoms with Gasteiger partial charge in [-0.25, -0.2) is 21.9 Å². The summed E-state index contributed by atoms with van der Waals surface area (Å²) >= 11 is 0. The molecule has 0 saturated heterocycles. The first-order chi connectivity index (χ1) is 8.88. The summed E-state index contributed by atoms with van der Waals surface area (Å²) in [5, 5.41) is 0. The van der Waals surface area contributed by atoms with Crippen LogP contribution in [0.4, 0.5) is 14.5 Å². The van der Waals surface area contributed by atoms with E-state index >= 15 is 0 Å². The van der Waals surface area contributed by atoms with E-state index in [0.29, 0.717) is 25.3 Å². The summed E-state index contributed by atoms with van der Waals surface area (Å²) in [5.74, 6) is 0.252. The number of halogens is 2. The minimum atomic E-state index is -4.04. The molecule has 0 unspecified atom stereocenters. The predicted octanol–water partition coefficient (Wildman–Crippen LogP) is 1.63. The fraction of sp³-hybridized carbons (Fsp3) is 0.333. The molecule has 19 heavy (non-hydrogen) atoms. The highest BCUT2D eigenvalue weighted by Crippen LogP contribution is 2.20. The van der Waals surface area contributed by atoms with E-state index in [-0.39, 0.29) is 6.54 Å². The molecule has 0 heterocycles. The molecule has 1 aromatic carbocycles. The summed E-state index contributed by atoms with van der Waals surface area (Å²) in [5.41, 5.74) is 4.80. The molecule has 0 aliphatic heterocycles.